The van der Waals surface area contributed by atoms with Crippen LogP contribution in [0.3, 0.4) is 0 Å². The lowest BCUT2D eigenvalue weighted by Crippen LogP contribution is -2.40. The Bertz CT molecular complexity index is 438. The molecule has 0 saturated heterocycles. The van der Waals surface area contributed by atoms with Gasteiger partial charge in [-0.25, -0.2) is 0 Å². The summed E-state index contributed by atoms with van der Waals surface area (Å²) in [5.74, 6) is 0. The number of hydrogen-bond acceptors (Lipinski definition) is 2. The minimum atomic E-state index is 0.457. The molecule has 0 radical (unpaired) electrons. The molecule has 1 fully saturated rings. The monoisotopic (exact) mass is 264 g/mol. The summed E-state index contributed by atoms with van der Waals surface area (Å²) in [6, 6.07) is 6.15. The van der Waals surface area contributed by atoms with Crippen molar-refractivity contribution in [1.82, 2.24) is 0 Å². The molecule has 1 spiro atoms. The van der Waals surface area contributed by atoms with Gasteiger partial charge in [0.15, 0.2) is 0 Å². The number of hydrogen-bond donors (Lipinski definition) is 1. The van der Waals surface area contributed by atoms with Gasteiger partial charge in [-0.1, -0.05) is 30.9 Å². The summed E-state index contributed by atoms with van der Waals surface area (Å²) >= 11 is 6.12. The first-order chi connectivity index (χ1) is 8.69. The first-order valence-corrected chi connectivity index (χ1v) is 7.31. The smallest absolute Gasteiger partial charge is 0.0614 e. The molecule has 3 rings (SSSR count). The van der Waals surface area contributed by atoms with Gasteiger partial charge in [-0.2, -0.15) is 0 Å². The maximum Gasteiger partial charge on any atom is 0.0614 e. The van der Waals surface area contributed by atoms with Crippen LogP contribution in [0, 0.1) is 5.41 Å². The van der Waals surface area contributed by atoms with Crippen LogP contribution in [0.5, 0.6) is 0 Å². The van der Waals surface area contributed by atoms with Gasteiger partial charge >= 0.3 is 0 Å². The molecule has 1 aromatic carbocycles. The predicted molar refractivity (Wildman–Crippen MR) is 78.7 cm³/mol. The minimum absolute atomic E-state index is 0.457. The standard InChI is InChI=1S/C15H21ClN2/c1-18-11-15(7-3-2-4-8-15)10-17-13-6-5-12(16)9-14(13)18/h5-6,9,17H,2-4,7-8,10-11H2,1H3. The molecule has 18 heavy (non-hydrogen) atoms. The molecular weight excluding hydrogens is 244 g/mol. The van der Waals surface area contributed by atoms with Gasteiger partial charge in [-0.05, 0) is 31.0 Å². The Morgan fingerprint density at radius 3 is 2.78 bits per heavy atom. The maximum absolute atomic E-state index is 6.12. The van der Waals surface area contributed by atoms with E-state index < -0.39 is 0 Å². The van der Waals surface area contributed by atoms with Crippen LogP contribution in [0.4, 0.5) is 11.4 Å². The average molecular weight is 265 g/mol. The highest BCUT2D eigenvalue weighted by Crippen LogP contribution is 2.42. The van der Waals surface area contributed by atoms with E-state index in [1.54, 1.807) is 0 Å². The van der Waals surface area contributed by atoms with Crippen molar-refractivity contribution in [3.05, 3.63) is 23.2 Å². The molecule has 0 unspecified atom stereocenters. The summed E-state index contributed by atoms with van der Waals surface area (Å²) in [4.78, 5) is 2.38. The largest absolute Gasteiger partial charge is 0.383 e. The normalized spacial score (nSPS) is 22.2. The van der Waals surface area contributed by atoms with Crippen molar-refractivity contribution >= 4 is 23.0 Å². The summed E-state index contributed by atoms with van der Waals surface area (Å²) in [6.45, 7) is 2.25. The van der Waals surface area contributed by atoms with Gasteiger partial charge in [0.25, 0.3) is 0 Å². The van der Waals surface area contributed by atoms with Gasteiger partial charge in [0.2, 0.25) is 0 Å². The van der Waals surface area contributed by atoms with E-state index in [1.165, 1.54) is 43.5 Å². The number of anilines is 2. The lowest BCUT2D eigenvalue weighted by atomic mass is 9.74. The second-order valence-electron chi connectivity index (χ2n) is 5.93. The van der Waals surface area contributed by atoms with E-state index in [-0.39, 0.29) is 0 Å². The summed E-state index contributed by atoms with van der Waals surface area (Å²) in [5, 5.41) is 4.46. The Hall–Kier alpha value is -0.890. The van der Waals surface area contributed by atoms with E-state index >= 15 is 0 Å². The van der Waals surface area contributed by atoms with Crippen molar-refractivity contribution in [3.63, 3.8) is 0 Å². The zero-order valence-electron chi connectivity index (χ0n) is 11.0. The third-order valence-electron chi connectivity index (χ3n) is 4.51. The number of fused-ring (bicyclic) bond motifs is 1. The van der Waals surface area contributed by atoms with Crippen LogP contribution in [-0.4, -0.2) is 20.1 Å². The van der Waals surface area contributed by atoms with Crippen molar-refractivity contribution in [2.45, 2.75) is 32.1 Å². The molecule has 2 nitrogen and oxygen atoms in total. The highest BCUT2D eigenvalue weighted by Gasteiger charge is 2.35. The van der Waals surface area contributed by atoms with Crippen LogP contribution in [0.1, 0.15) is 32.1 Å². The van der Waals surface area contributed by atoms with Gasteiger partial charge < -0.3 is 10.2 Å². The zero-order chi connectivity index (χ0) is 12.6. The van der Waals surface area contributed by atoms with Gasteiger partial charge in [0.05, 0.1) is 11.4 Å². The van der Waals surface area contributed by atoms with Gasteiger partial charge in [0, 0.05) is 30.6 Å². The lowest BCUT2D eigenvalue weighted by Gasteiger charge is -2.38. The van der Waals surface area contributed by atoms with Crippen LogP contribution in [-0.2, 0) is 0 Å². The van der Waals surface area contributed by atoms with Gasteiger partial charge in [-0.15, -0.1) is 0 Å². The van der Waals surface area contributed by atoms with E-state index in [4.69, 9.17) is 11.6 Å². The molecule has 0 amide bonds. The number of nitrogens with zero attached hydrogens (tertiary/aromatic N) is 1. The van der Waals surface area contributed by atoms with Crippen molar-refractivity contribution < 1.29 is 0 Å². The van der Waals surface area contributed by atoms with Crippen molar-refractivity contribution in [2.24, 2.45) is 5.41 Å². The molecule has 1 aromatic rings. The van der Waals surface area contributed by atoms with E-state index in [9.17, 15) is 0 Å². The number of rotatable bonds is 0. The molecule has 0 bridgehead atoms. The maximum atomic E-state index is 6.12. The third-order valence-corrected chi connectivity index (χ3v) is 4.75. The van der Waals surface area contributed by atoms with Crippen LogP contribution in [0.25, 0.3) is 0 Å². The Labute approximate surface area is 114 Å². The van der Waals surface area contributed by atoms with E-state index in [1.807, 2.05) is 6.07 Å². The molecule has 1 heterocycles. The Morgan fingerprint density at radius 2 is 2.00 bits per heavy atom. The molecule has 1 aliphatic heterocycles. The summed E-state index contributed by atoms with van der Waals surface area (Å²) in [5.41, 5.74) is 2.92. The molecule has 98 valence electrons. The quantitative estimate of drug-likeness (QED) is 0.757. The first kappa shape index (κ1) is 12.2. The fourth-order valence-electron chi connectivity index (χ4n) is 3.53. The predicted octanol–water partition coefficient (Wildman–Crippen LogP) is 4.15. The Morgan fingerprint density at radius 1 is 1.22 bits per heavy atom. The van der Waals surface area contributed by atoms with Crippen molar-refractivity contribution in [3.8, 4) is 0 Å². The third kappa shape index (κ3) is 2.18. The molecular formula is C15H21ClN2. The van der Waals surface area contributed by atoms with Crippen molar-refractivity contribution in [1.29, 1.82) is 0 Å². The molecule has 0 aromatic heterocycles. The topological polar surface area (TPSA) is 15.3 Å². The van der Waals surface area contributed by atoms with Crippen LogP contribution >= 0.6 is 11.6 Å². The summed E-state index contributed by atoms with van der Waals surface area (Å²) < 4.78 is 0. The number of nitrogens with one attached hydrogen (secondary N) is 1. The SMILES string of the molecule is CN1CC2(CCCCC2)CNc2ccc(Cl)cc21. The van der Waals surface area contributed by atoms with E-state index in [0.29, 0.717) is 5.41 Å². The number of benzene rings is 1. The highest BCUT2D eigenvalue weighted by molar-refractivity contribution is 6.31. The van der Waals surface area contributed by atoms with E-state index in [2.05, 4.69) is 29.4 Å². The van der Waals surface area contributed by atoms with Gasteiger partial charge in [0.1, 0.15) is 0 Å². The molecule has 0 atom stereocenters. The molecule has 1 N–H and O–H groups in total. The fourth-order valence-corrected chi connectivity index (χ4v) is 3.70. The Kier molecular flexibility index (Phi) is 3.14. The highest BCUT2D eigenvalue weighted by atomic mass is 35.5. The van der Waals surface area contributed by atoms with Crippen LogP contribution in [0.2, 0.25) is 5.02 Å². The minimum Gasteiger partial charge on any atom is -0.383 e. The second kappa shape index (κ2) is 4.65. The average Bonchev–Trinajstić information content (AvgIpc) is 2.49. The summed E-state index contributed by atoms with van der Waals surface area (Å²) in [7, 11) is 2.19. The van der Waals surface area contributed by atoms with Crippen molar-refractivity contribution in [2.75, 3.05) is 30.4 Å². The molecule has 1 saturated carbocycles. The van der Waals surface area contributed by atoms with Crippen LogP contribution in [0.15, 0.2) is 18.2 Å². The Balaban J connectivity index is 1.90. The zero-order valence-corrected chi connectivity index (χ0v) is 11.8. The lowest BCUT2D eigenvalue weighted by molar-refractivity contribution is 0.215. The second-order valence-corrected chi connectivity index (χ2v) is 6.37. The van der Waals surface area contributed by atoms with Crippen LogP contribution < -0.4 is 10.2 Å². The summed E-state index contributed by atoms with van der Waals surface area (Å²) in [6.07, 6.45) is 6.88. The molecule has 2 aliphatic rings. The molecule has 3 heteroatoms. The number of halogens is 1. The first-order valence-electron chi connectivity index (χ1n) is 6.93. The molecule has 1 aliphatic carbocycles. The fraction of sp³-hybridized carbons (Fsp3) is 0.600. The van der Waals surface area contributed by atoms with Gasteiger partial charge in [-0.3, -0.25) is 0 Å². The van der Waals surface area contributed by atoms with E-state index in [0.717, 1.165) is 18.1 Å².